The molecule has 2 amide bonds. The Morgan fingerprint density at radius 2 is 2.06 bits per heavy atom. The van der Waals surface area contributed by atoms with Crippen molar-refractivity contribution in [1.82, 2.24) is 10.2 Å². The van der Waals surface area contributed by atoms with E-state index in [4.69, 9.17) is 15.2 Å². The van der Waals surface area contributed by atoms with Crippen LogP contribution in [0.2, 0.25) is 0 Å². The van der Waals surface area contributed by atoms with Crippen LogP contribution in [-0.4, -0.2) is 53.1 Å². The van der Waals surface area contributed by atoms with Gasteiger partial charge in [0.05, 0.1) is 30.1 Å². The third kappa shape index (κ3) is 3.26. The van der Waals surface area contributed by atoms with Crippen LogP contribution in [0.5, 0.6) is 5.75 Å². The summed E-state index contributed by atoms with van der Waals surface area (Å²) in [6.07, 6.45) is 5.59. The number of carbonyl (C=O) groups is 2. The fourth-order valence-electron chi connectivity index (χ4n) is 7.23. The van der Waals surface area contributed by atoms with Gasteiger partial charge in [-0.1, -0.05) is 24.8 Å². The van der Waals surface area contributed by atoms with Crippen molar-refractivity contribution in [2.75, 3.05) is 13.7 Å². The average Bonchev–Trinajstić information content (AvgIpc) is 3.67. The zero-order chi connectivity index (χ0) is 25.5. The van der Waals surface area contributed by atoms with Crippen molar-refractivity contribution in [2.45, 2.75) is 81.5 Å². The summed E-state index contributed by atoms with van der Waals surface area (Å²) in [6.45, 7) is 8.40. The SMILES string of the molecule is C=C(COC)[C@]1(N2C(=O)CC(C)(C)N=C2N)C[C@@]12C[C@H]2C(=O)NC1CC2(CCC2)Oc2ccccc21. The van der Waals surface area contributed by atoms with Crippen molar-refractivity contribution in [2.24, 2.45) is 22.1 Å². The van der Waals surface area contributed by atoms with Crippen LogP contribution in [0, 0.1) is 11.3 Å². The molecule has 3 saturated carbocycles. The smallest absolute Gasteiger partial charge is 0.232 e. The van der Waals surface area contributed by atoms with E-state index in [0.717, 1.165) is 42.6 Å². The first-order valence-electron chi connectivity index (χ1n) is 13.0. The summed E-state index contributed by atoms with van der Waals surface area (Å²) < 4.78 is 11.8. The van der Waals surface area contributed by atoms with E-state index in [1.807, 2.05) is 38.1 Å². The van der Waals surface area contributed by atoms with Gasteiger partial charge in [-0.25, -0.2) is 4.99 Å². The molecule has 1 aromatic carbocycles. The van der Waals surface area contributed by atoms with E-state index >= 15 is 0 Å². The van der Waals surface area contributed by atoms with Crippen molar-refractivity contribution in [3.8, 4) is 5.75 Å². The first-order valence-corrected chi connectivity index (χ1v) is 13.0. The Labute approximate surface area is 212 Å². The standard InChI is InChI=1S/C28H36N4O4/c1-17(15-35-4)28(32-22(33)14-25(2,3)31-24(32)29)16-27(28)12-19(27)23(34)30-20-13-26(10-7-11-26)36-21-9-6-5-8-18(20)21/h5-6,8-9,19-20H,1,7,10-16H2,2-4H3,(H2,29,31)(H,30,34)/t19-,20?,27+,28+/m0/s1. The lowest BCUT2D eigenvalue weighted by atomic mass is 9.73. The molecule has 6 rings (SSSR count). The monoisotopic (exact) mass is 492 g/mol. The number of fused-ring (bicyclic) bond motifs is 1. The second kappa shape index (κ2) is 7.57. The van der Waals surface area contributed by atoms with Crippen molar-refractivity contribution in [1.29, 1.82) is 0 Å². The summed E-state index contributed by atoms with van der Waals surface area (Å²) in [4.78, 5) is 33.3. The molecule has 0 saturated heterocycles. The normalized spacial score (nSPS) is 34.8. The van der Waals surface area contributed by atoms with Gasteiger partial charge < -0.3 is 20.5 Å². The number of ether oxygens (including phenoxy) is 2. The van der Waals surface area contributed by atoms with Crippen LogP contribution in [-0.2, 0) is 14.3 Å². The molecule has 8 nitrogen and oxygen atoms in total. The van der Waals surface area contributed by atoms with Crippen molar-refractivity contribution in [3.05, 3.63) is 42.0 Å². The molecule has 1 aromatic rings. The predicted molar refractivity (Wildman–Crippen MR) is 135 cm³/mol. The molecule has 192 valence electrons. The van der Waals surface area contributed by atoms with Crippen molar-refractivity contribution < 1.29 is 19.1 Å². The van der Waals surface area contributed by atoms with Gasteiger partial charge in [-0.2, -0.15) is 0 Å². The largest absolute Gasteiger partial charge is 0.487 e. The highest BCUT2D eigenvalue weighted by Crippen LogP contribution is 2.81. The van der Waals surface area contributed by atoms with E-state index in [1.165, 1.54) is 0 Å². The number of guanidine groups is 1. The molecule has 2 heterocycles. The van der Waals surface area contributed by atoms with Gasteiger partial charge in [-0.15, -0.1) is 0 Å². The fraction of sp³-hybridized carbons (Fsp3) is 0.607. The molecule has 4 atom stereocenters. The number of nitrogens with zero attached hydrogens (tertiary/aromatic N) is 2. The molecule has 5 aliphatic rings. The molecule has 1 unspecified atom stereocenters. The van der Waals surface area contributed by atoms with Crippen LogP contribution in [0.15, 0.2) is 41.4 Å². The quantitative estimate of drug-likeness (QED) is 0.593. The number of hydrogen-bond donors (Lipinski definition) is 2. The Balaban J connectivity index is 1.26. The van der Waals surface area contributed by atoms with Crippen LogP contribution >= 0.6 is 0 Å². The van der Waals surface area contributed by atoms with E-state index in [0.29, 0.717) is 19.4 Å². The number of aliphatic imine (C=N–C) groups is 1. The lowest BCUT2D eigenvalue weighted by Gasteiger charge is -2.48. The minimum absolute atomic E-state index is 0.0265. The molecule has 0 aromatic heterocycles. The van der Waals surface area contributed by atoms with E-state index in [9.17, 15) is 9.59 Å². The van der Waals surface area contributed by atoms with Gasteiger partial charge in [0.25, 0.3) is 0 Å². The maximum atomic E-state index is 13.7. The second-order valence-electron chi connectivity index (χ2n) is 12.1. The Bertz CT molecular complexity index is 1190. The van der Waals surface area contributed by atoms with E-state index in [-0.39, 0.29) is 47.2 Å². The van der Waals surface area contributed by atoms with Gasteiger partial charge in [0, 0.05) is 30.4 Å². The maximum absolute atomic E-state index is 13.7. The number of nitrogens with one attached hydrogen (secondary N) is 1. The highest BCUT2D eigenvalue weighted by atomic mass is 16.5. The molecule has 3 aliphatic carbocycles. The van der Waals surface area contributed by atoms with Crippen molar-refractivity contribution in [3.63, 3.8) is 0 Å². The summed E-state index contributed by atoms with van der Waals surface area (Å²) in [5.41, 5.74) is 6.39. The van der Waals surface area contributed by atoms with Gasteiger partial charge >= 0.3 is 0 Å². The molecule has 36 heavy (non-hydrogen) atoms. The maximum Gasteiger partial charge on any atom is 0.232 e. The number of hydrogen-bond acceptors (Lipinski definition) is 6. The number of methoxy groups -OCH3 is 1. The highest BCUT2D eigenvalue weighted by molar-refractivity contribution is 6.02. The third-order valence-electron chi connectivity index (χ3n) is 9.20. The molecule has 2 spiro atoms. The lowest BCUT2D eigenvalue weighted by Crippen LogP contribution is -2.57. The molecular weight excluding hydrogens is 456 g/mol. The predicted octanol–water partition coefficient (Wildman–Crippen LogP) is 3.23. The van der Waals surface area contributed by atoms with Crippen molar-refractivity contribution >= 4 is 17.8 Å². The number of para-hydroxylation sites is 1. The van der Waals surface area contributed by atoms with Crippen LogP contribution in [0.3, 0.4) is 0 Å². The Kier molecular flexibility index (Phi) is 4.95. The van der Waals surface area contributed by atoms with E-state index < -0.39 is 11.1 Å². The molecule has 3 fully saturated rings. The summed E-state index contributed by atoms with van der Waals surface area (Å²) in [5.74, 6) is 0.825. The molecule has 3 N–H and O–H groups in total. The summed E-state index contributed by atoms with van der Waals surface area (Å²) in [5, 5.41) is 3.36. The van der Waals surface area contributed by atoms with Crippen LogP contribution < -0.4 is 15.8 Å². The molecule has 0 radical (unpaired) electrons. The Morgan fingerprint density at radius 3 is 2.72 bits per heavy atom. The number of carbonyl (C=O) groups excluding carboxylic acids is 2. The number of amides is 2. The van der Waals surface area contributed by atoms with Crippen LogP contribution in [0.4, 0.5) is 0 Å². The number of benzene rings is 1. The Hall–Kier alpha value is -2.87. The summed E-state index contributed by atoms with van der Waals surface area (Å²) in [7, 11) is 1.61. The molecular formula is C28H36N4O4. The summed E-state index contributed by atoms with van der Waals surface area (Å²) >= 11 is 0. The first kappa shape index (κ1) is 23.5. The second-order valence-corrected chi connectivity index (χ2v) is 12.1. The number of nitrogens with two attached hydrogens (primary N) is 1. The highest BCUT2D eigenvalue weighted by Gasteiger charge is 2.85. The number of rotatable bonds is 6. The van der Waals surface area contributed by atoms with Gasteiger partial charge in [0.1, 0.15) is 11.4 Å². The van der Waals surface area contributed by atoms with Gasteiger partial charge in [-0.05, 0) is 57.6 Å². The lowest BCUT2D eigenvalue weighted by molar-refractivity contribution is -0.132. The average molecular weight is 493 g/mol. The van der Waals surface area contributed by atoms with Crippen LogP contribution in [0.25, 0.3) is 0 Å². The molecule has 0 bridgehead atoms. The minimum atomic E-state index is -0.727. The van der Waals surface area contributed by atoms with E-state index in [2.05, 4.69) is 16.9 Å². The first-order chi connectivity index (χ1) is 17.1. The van der Waals surface area contributed by atoms with Gasteiger partial charge in [0.15, 0.2) is 5.96 Å². The topological polar surface area (TPSA) is 106 Å². The zero-order valence-corrected chi connectivity index (χ0v) is 21.4. The minimum Gasteiger partial charge on any atom is -0.487 e. The fourth-order valence-corrected chi connectivity index (χ4v) is 7.23. The molecule has 2 aliphatic heterocycles. The molecule has 8 heteroatoms. The third-order valence-corrected chi connectivity index (χ3v) is 9.20. The zero-order valence-electron chi connectivity index (χ0n) is 21.4. The Morgan fingerprint density at radius 1 is 1.31 bits per heavy atom. The van der Waals surface area contributed by atoms with Gasteiger partial charge in [0.2, 0.25) is 11.8 Å². The van der Waals surface area contributed by atoms with E-state index in [1.54, 1.807) is 12.0 Å². The van der Waals surface area contributed by atoms with Gasteiger partial charge in [-0.3, -0.25) is 14.5 Å². The summed E-state index contributed by atoms with van der Waals surface area (Å²) in [6, 6.07) is 7.93. The van der Waals surface area contributed by atoms with Crippen LogP contribution in [0.1, 0.15) is 70.4 Å².